The molecule has 3 rings (SSSR count). The molecular weight excluding hydrogens is 252 g/mol. The van der Waals surface area contributed by atoms with Gasteiger partial charge in [-0.25, -0.2) is 13.8 Å². The van der Waals surface area contributed by atoms with Gasteiger partial charge in [0.25, 0.3) is 0 Å². The van der Waals surface area contributed by atoms with Gasteiger partial charge in [0.1, 0.15) is 17.2 Å². The molecule has 0 saturated heterocycles. The molecule has 19 heavy (non-hydrogen) atoms. The molecule has 0 aliphatic rings. The van der Waals surface area contributed by atoms with E-state index in [1.165, 1.54) is 30.3 Å². The highest BCUT2D eigenvalue weighted by Crippen LogP contribution is 2.25. The largest absolute Gasteiger partial charge is 0.436 e. The van der Waals surface area contributed by atoms with Gasteiger partial charge in [0, 0.05) is 11.6 Å². The summed E-state index contributed by atoms with van der Waals surface area (Å²) in [7, 11) is 0. The molecule has 3 aromatic rings. The lowest BCUT2D eigenvalue weighted by atomic mass is 10.1. The average Bonchev–Trinajstić information content (AvgIpc) is 2.81. The van der Waals surface area contributed by atoms with Crippen LogP contribution in [0.15, 0.2) is 40.8 Å². The molecular formula is C14H7F2NO2. The lowest BCUT2D eigenvalue weighted by Gasteiger charge is -1.97. The zero-order valence-electron chi connectivity index (χ0n) is 9.56. The minimum absolute atomic E-state index is 0.0362. The molecule has 1 aromatic heterocycles. The van der Waals surface area contributed by atoms with Crippen molar-refractivity contribution in [2.24, 2.45) is 0 Å². The molecule has 0 N–H and O–H groups in total. The summed E-state index contributed by atoms with van der Waals surface area (Å²) in [6.07, 6.45) is 0.431. The number of hydrogen-bond donors (Lipinski definition) is 0. The van der Waals surface area contributed by atoms with Crippen molar-refractivity contribution < 1.29 is 18.0 Å². The van der Waals surface area contributed by atoms with Crippen molar-refractivity contribution in [3.63, 3.8) is 0 Å². The molecule has 0 aliphatic carbocycles. The molecule has 0 amide bonds. The molecule has 0 aliphatic heterocycles. The average molecular weight is 259 g/mol. The Morgan fingerprint density at radius 1 is 1.11 bits per heavy atom. The van der Waals surface area contributed by atoms with Gasteiger partial charge in [0.15, 0.2) is 11.9 Å². The minimum atomic E-state index is -0.652. The van der Waals surface area contributed by atoms with Crippen LogP contribution in [0.2, 0.25) is 0 Å². The normalized spacial score (nSPS) is 10.8. The number of rotatable bonds is 2. The van der Waals surface area contributed by atoms with E-state index in [4.69, 9.17) is 4.42 Å². The summed E-state index contributed by atoms with van der Waals surface area (Å²) >= 11 is 0. The van der Waals surface area contributed by atoms with Gasteiger partial charge in [-0.1, -0.05) is 0 Å². The van der Waals surface area contributed by atoms with Crippen LogP contribution in [0.1, 0.15) is 10.4 Å². The fraction of sp³-hybridized carbons (Fsp3) is 0. The van der Waals surface area contributed by atoms with Crippen molar-refractivity contribution in [2.45, 2.75) is 0 Å². The first-order valence-corrected chi connectivity index (χ1v) is 5.48. The number of fused-ring (bicyclic) bond motifs is 1. The second-order valence-electron chi connectivity index (χ2n) is 3.99. The zero-order chi connectivity index (χ0) is 13.4. The van der Waals surface area contributed by atoms with E-state index in [-0.39, 0.29) is 17.0 Å². The van der Waals surface area contributed by atoms with Crippen molar-refractivity contribution in [1.82, 2.24) is 4.98 Å². The quantitative estimate of drug-likeness (QED) is 0.660. The van der Waals surface area contributed by atoms with Gasteiger partial charge in [0.05, 0.1) is 5.56 Å². The monoisotopic (exact) mass is 259 g/mol. The third-order valence-electron chi connectivity index (χ3n) is 2.72. The van der Waals surface area contributed by atoms with Gasteiger partial charge in [-0.15, -0.1) is 0 Å². The van der Waals surface area contributed by atoms with Crippen LogP contribution in [0, 0.1) is 11.6 Å². The lowest BCUT2D eigenvalue weighted by molar-refractivity contribution is 0.112. The van der Waals surface area contributed by atoms with Crippen LogP contribution in [0.5, 0.6) is 0 Å². The van der Waals surface area contributed by atoms with Crippen LogP contribution in [-0.4, -0.2) is 11.3 Å². The SMILES string of the molecule is O=Cc1ccc(-c2nc3ccc(F)cc3o2)cc1F. The van der Waals surface area contributed by atoms with Gasteiger partial charge in [-0.2, -0.15) is 0 Å². The van der Waals surface area contributed by atoms with E-state index in [1.54, 1.807) is 0 Å². The summed E-state index contributed by atoms with van der Waals surface area (Å²) in [6, 6.07) is 7.98. The predicted molar refractivity (Wildman–Crippen MR) is 64.7 cm³/mol. The summed E-state index contributed by atoms with van der Waals surface area (Å²) < 4.78 is 31.9. The molecule has 0 radical (unpaired) electrons. The minimum Gasteiger partial charge on any atom is -0.436 e. The Morgan fingerprint density at radius 3 is 2.68 bits per heavy atom. The Hall–Kier alpha value is -2.56. The maximum atomic E-state index is 13.5. The highest BCUT2D eigenvalue weighted by atomic mass is 19.1. The molecule has 0 atom stereocenters. The van der Waals surface area contributed by atoms with Gasteiger partial charge >= 0.3 is 0 Å². The van der Waals surface area contributed by atoms with Gasteiger partial charge in [0.2, 0.25) is 5.89 Å². The third kappa shape index (κ3) is 1.99. The second-order valence-corrected chi connectivity index (χ2v) is 3.99. The molecule has 0 fully saturated rings. The van der Waals surface area contributed by atoms with E-state index < -0.39 is 11.6 Å². The summed E-state index contributed by atoms with van der Waals surface area (Å²) in [5, 5.41) is 0. The fourth-order valence-electron chi connectivity index (χ4n) is 1.78. The van der Waals surface area contributed by atoms with Crippen LogP contribution in [0.3, 0.4) is 0 Å². The summed E-state index contributed by atoms with van der Waals surface area (Å²) in [4.78, 5) is 14.7. The van der Waals surface area contributed by atoms with Crippen molar-refractivity contribution in [2.75, 3.05) is 0 Å². The van der Waals surface area contributed by atoms with Crippen molar-refractivity contribution in [3.05, 3.63) is 53.6 Å². The molecule has 5 heteroatoms. The third-order valence-corrected chi connectivity index (χ3v) is 2.72. The van der Waals surface area contributed by atoms with Gasteiger partial charge in [-0.05, 0) is 30.3 Å². The molecule has 0 unspecified atom stereocenters. The Morgan fingerprint density at radius 2 is 1.95 bits per heavy atom. The number of halogens is 2. The molecule has 94 valence electrons. The number of carbonyl (C=O) groups is 1. The zero-order valence-corrected chi connectivity index (χ0v) is 9.56. The van der Waals surface area contributed by atoms with Gasteiger partial charge in [-0.3, -0.25) is 4.79 Å². The fourth-order valence-corrected chi connectivity index (χ4v) is 1.78. The highest BCUT2D eigenvalue weighted by Gasteiger charge is 2.11. The molecule has 0 bridgehead atoms. The number of nitrogens with zero attached hydrogens (tertiary/aromatic N) is 1. The maximum Gasteiger partial charge on any atom is 0.227 e. The van der Waals surface area contributed by atoms with Crippen LogP contribution in [-0.2, 0) is 0 Å². The Labute approximate surface area is 106 Å². The van der Waals surface area contributed by atoms with E-state index in [1.807, 2.05) is 0 Å². The summed E-state index contributed by atoms with van der Waals surface area (Å²) in [5.74, 6) is -0.907. The molecule has 2 aromatic carbocycles. The first-order valence-electron chi connectivity index (χ1n) is 5.48. The molecule has 1 heterocycles. The topological polar surface area (TPSA) is 43.1 Å². The number of aromatic nitrogens is 1. The predicted octanol–water partition coefficient (Wildman–Crippen LogP) is 3.59. The van der Waals surface area contributed by atoms with E-state index in [0.717, 1.165) is 6.07 Å². The second kappa shape index (κ2) is 4.28. The van der Waals surface area contributed by atoms with Gasteiger partial charge < -0.3 is 4.42 Å². The van der Waals surface area contributed by atoms with Crippen LogP contribution in [0.25, 0.3) is 22.6 Å². The molecule has 3 nitrogen and oxygen atoms in total. The van der Waals surface area contributed by atoms with Crippen molar-refractivity contribution in [1.29, 1.82) is 0 Å². The Balaban J connectivity index is 2.13. The molecule has 0 saturated carbocycles. The van der Waals surface area contributed by atoms with Crippen molar-refractivity contribution >= 4 is 17.4 Å². The van der Waals surface area contributed by atoms with E-state index in [2.05, 4.69) is 4.98 Å². The smallest absolute Gasteiger partial charge is 0.227 e. The van der Waals surface area contributed by atoms with E-state index >= 15 is 0 Å². The lowest BCUT2D eigenvalue weighted by Crippen LogP contribution is -1.88. The maximum absolute atomic E-state index is 13.5. The number of carbonyl (C=O) groups excluding carboxylic acids is 1. The Bertz CT molecular complexity index is 780. The Kier molecular flexibility index (Phi) is 2.59. The van der Waals surface area contributed by atoms with Crippen molar-refractivity contribution in [3.8, 4) is 11.5 Å². The molecule has 0 spiro atoms. The van der Waals surface area contributed by atoms with Crippen LogP contribution >= 0.6 is 0 Å². The highest BCUT2D eigenvalue weighted by molar-refractivity contribution is 5.78. The van der Waals surface area contributed by atoms with E-state index in [0.29, 0.717) is 17.4 Å². The summed E-state index contributed by atoms with van der Waals surface area (Å²) in [6.45, 7) is 0. The number of benzene rings is 2. The number of aldehydes is 1. The first-order chi connectivity index (χ1) is 9.17. The van der Waals surface area contributed by atoms with Crippen LogP contribution in [0.4, 0.5) is 8.78 Å². The first kappa shape index (κ1) is 11.5. The number of hydrogen-bond acceptors (Lipinski definition) is 3. The summed E-state index contributed by atoms with van der Waals surface area (Å²) in [5.41, 5.74) is 1.12. The standard InChI is InChI=1S/C14H7F2NO2/c15-10-3-4-12-13(6-10)19-14(17-12)8-1-2-9(7-18)11(16)5-8/h1-7H. The van der Waals surface area contributed by atoms with E-state index in [9.17, 15) is 13.6 Å². The van der Waals surface area contributed by atoms with Crippen LogP contribution < -0.4 is 0 Å². The number of oxazole rings is 1.